The number of hydrogen-bond acceptors (Lipinski definition) is 3. The molecular formula is C34H60O3Si2. The molecule has 3 fully saturated rings. The summed E-state index contributed by atoms with van der Waals surface area (Å²) in [6.07, 6.45) is 14.0. The van der Waals surface area contributed by atoms with E-state index in [0.717, 1.165) is 18.4 Å². The summed E-state index contributed by atoms with van der Waals surface area (Å²) in [6.45, 7) is 32.6. The van der Waals surface area contributed by atoms with E-state index in [0.29, 0.717) is 11.8 Å². The molecule has 0 radical (unpaired) electrons. The second kappa shape index (κ2) is 11.5. The van der Waals surface area contributed by atoms with E-state index < -0.39 is 16.6 Å². The molecular weight excluding hydrogens is 513 g/mol. The van der Waals surface area contributed by atoms with Gasteiger partial charge in [0.15, 0.2) is 16.6 Å². The van der Waals surface area contributed by atoms with Crippen LogP contribution in [-0.2, 0) is 13.6 Å². The summed E-state index contributed by atoms with van der Waals surface area (Å²) in [5.41, 5.74) is 4.29. The van der Waals surface area contributed by atoms with Crippen molar-refractivity contribution in [3.8, 4) is 0 Å². The highest BCUT2D eigenvalue weighted by Gasteiger charge is 2.51. The summed E-state index contributed by atoms with van der Waals surface area (Å²) >= 11 is 0. The molecule has 222 valence electrons. The van der Waals surface area contributed by atoms with Crippen molar-refractivity contribution in [3.05, 3.63) is 35.5 Å². The number of aldehydes is 1. The number of hydrogen-bond donors (Lipinski definition) is 0. The molecule has 3 rings (SSSR count). The first-order valence-corrected chi connectivity index (χ1v) is 21.4. The Bertz CT molecular complexity index is 977. The molecule has 5 heteroatoms. The lowest BCUT2D eigenvalue weighted by atomic mass is 9.61. The zero-order valence-corrected chi connectivity index (χ0v) is 29.5. The number of allylic oxidation sites excluding steroid dienone is 3. The van der Waals surface area contributed by atoms with Crippen molar-refractivity contribution >= 4 is 22.9 Å². The average Bonchev–Trinajstić information content (AvgIpc) is 3.15. The Morgan fingerprint density at radius 2 is 1.56 bits per heavy atom. The van der Waals surface area contributed by atoms with Gasteiger partial charge in [-0.2, -0.15) is 0 Å². The van der Waals surface area contributed by atoms with Gasteiger partial charge in [-0.25, -0.2) is 0 Å². The highest BCUT2D eigenvalue weighted by atomic mass is 28.4. The molecule has 0 saturated heterocycles. The van der Waals surface area contributed by atoms with Crippen molar-refractivity contribution in [3.63, 3.8) is 0 Å². The number of carbonyl (C=O) groups is 1. The van der Waals surface area contributed by atoms with Gasteiger partial charge in [-0.1, -0.05) is 79.7 Å². The zero-order valence-electron chi connectivity index (χ0n) is 27.5. The topological polar surface area (TPSA) is 35.5 Å². The lowest BCUT2D eigenvalue weighted by molar-refractivity contribution is -0.113. The molecule has 0 aromatic heterocycles. The fraction of sp³-hybridized carbons (Fsp3) is 0.794. The van der Waals surface area contributed by atoms with E-state index in [9.17, 15) is 4.79 Å². The Labute approximate surface area is 243 Å². The molecule has 3 saturated carbocycles. The van der Waals surface area contributed by atoms with Gasteiger partial charge in [0.2, 0.25) is 0 Å². The second-order valence-electron chi connectivity index (χ2n) is 16.4. The van der Waals surface area contributed by atoms with Crippen LogP contribution in [0.15, 0.2) is 35.5 Å². The summed E-state index contributed by atoms with van der Waals surface area (Å²) in [7, 11) is -3.89. The van der Waals surface area contributed by atoms with E-state index in [4.69, 9.17) is 8.85 Å². The fourth-order valence-electron chi connectivity index (χ4n) is 7.00. The summed E-state index contributed by atoms with van der Waals surface area (Å²) < 4.78 is 14.0. The zero-order chi connectivity index (χ0) is 29.6. The predicted molar refractivity (Wildman–Crippen MR) is 172 cm³/mol. The van der Waals surface area contributed by atoms with Crippen LogP contribution in [-0.4, -0.2) is 35.1 Å². The van der Waals surface area contributed by atoms with Gasteiger partial charge in [-0.05, 0) is 103 Å². The minimum Gasteiger partial charge on any atom is -0.413 e. The van der Waals surface area contributed by atoms with Crippen LogP contribution in [0.1, 0.15) is 100 Å². The van der Waals surface area contributed by atoms with E-state index >= 15 is 0 Å². The Morgan fingerprint density at radius 3 is 2.13 bits per heavy atom. The lowest BCUT2D eigenvalue weighted by Crippen LogP contribution is -2.49. The third-order valence-corrected chi connectivity index (χ3v) is 20.6. The van der Waals surface area contributed by atoms with E-state index in [1.54, 1.807) is 5.57 Å². The number of carbonyl (C=O) groups excluding carboxylic acids is 1. The first kappa shape index (κ1) is 32.8. The highest BCUT2D eigenvalue weighted by Crippen LogP contribution is 2.59. The van der Waals surface area contributed by atoms with Crippen molar-refractivity contribution < 1.29 is 13.6 Å². The van der Waals surface area contributed by atoms with Crippen LogP contribution in [0, 0.1) is 23.2 Å². The van der Waals surface area contributed by atoms with Crippen LogP contribution in [0.25, 0.3) is 0 Å². The maximum Gasteiger partial charge on any atom is 0.192 e. The van der Waals surface area contributed by atoms with Crippen LogP contribution < -0.4 is 0 Å². The molecule has 0 aliphatic heterocycles. The third-order valence-electron chi connectivity index (χ3n) is 11.6. The van der Waals surface area contributed by atoms with Gasteiger partial charge in [0.05, 0.1) is 12.2 Å². The first-order chi connectivity index (χ1) is 17.7. The molecule has 3 aliphatic rings. The Balaban J connectivity index is 1.93. The molecule has 0 amide bonds. The standard InChI is InChI=1S/C34H60O3Si2/c1-24(23-35)29-18-19-30-26(15-14-20-34(29,30)9)16-17-27-21-28(36-38(10,11)32(3,4)5)22-31(25(27)2)37-39(12,13)33(6,7)8/h16-17,23-24,28-31H,2,14-15,18-22H2,1,3-13H3/b26-16+,27-17+/t24-,28-,29-,30?,31+,34-/m1/s1. The van der Waals surface area contributed by atoms with Gasteiger partial charge >= 0.3 is 0 Å². The van der Waals surface area contributed by atoms with E-state index in [2.05, 4.69) is 100 Å². The fourth-order valence-corrected chi connectivity index (χ4v) is 9.67. The van der Waals surface area contributed by atoms with Crippen LogP contribution in [0.5, 0.6) is 0 Å². The minimum atomic E-state index is -1.97. The quantitative estimate of drug-likeness (QED) is 0.225. The number of fused-ring (bicyclic) bond motifs is 1. The molecule has 0 spiro atoms. The summed E-state index contributed by atoms with van der Waals surface area (Å²) in [5.74, 6) is 1.24. The van der Waals surface area contributed by atoms with E-state index in [-0.39, 0.29) is 33.6 Å². The average molecular weight is 573 g/mol. The van der Waals surface area contributed by atoms with Crippen LogP contribution in [0.3, 0.4) is 0 Å². The van der Waals surface area contributed by atoms with Gasteiger partial charge in [-0.3, -0.25) is 0 Å². The normalized spacial score (nSPS) is 33.9. The van der Waals surface area contributed by atoms with Crippen molar-refractivity contribution in [2.24, 2.45) is 23.2 Å². The van der Waals surface area contributed by atoms with Gasteiger partial charge in [-0.15, -0.1) is 0 Å². The number of rotatable bonds is 7. The van der Waals surface area contributed by atoms with Crippen LogP contribution in [0.4, 0.5) is 0 Å². The van der Waals surface area contributed by atoms with E-state index in [1.807, 2.05) is 0 Å². The molecule has 0 bridgehead atoms. The van der Waals surface area contributed by atoms with Crippen molar-refractivity contribution in [2.75, 3.05) is 0 Å². The summed E-state index contributed by atoms with van der Waals surface area (Å²) in [4.78, 5) is 11.7. The molecule has 1 unspecified atom stereocenters. The smallest absolute Gasteiger partial charge is 0.192 e. The van der Waals surface area contributed by atoms with Gasteiger partial charge in [0.25, 0.3) is 0 Å². The summed E-state index contributed by atoms with van der Waals surface area (Å²) in [5, 5.41) is 0.323. The molecule has 0 aromatic rings. The molecule has 0 heterocycles. The molecule has 3 nitrogen and oxygen atoms in total. The van der Waals surface area contributed by atoms with E-state index in [1.165, 1.54) is 44.0 Å². The largest absolute Gasteiger partial charge is 0.413 e. The minimum absolute atomic E-state index is 0.0139. The Hall–Kier alpha value is -0.756. The van der Waals surface area contributed by atoms with Gasteiger partial charge in [0, 0.05) is 12.3 Å². The first-order valence-electron chi connectivity index (χ1n) is 15.6. The van der Waals surface area contributed by atoms with Crippen LogP contribution >= 0.6 is 0 Å². The third kappa shape index (κ3) is 6.84. The maximum atomic E-state index is 11.7. The molecule has 3 aliphatic carbocycles. The van der Waals surface area contributed by atoms with Gasteiger partial charge in [0.1, 0.15) is 6.29 Å². The Kier molecular flexibility index (Phi) is 9.65. The second-order valence-corrected chi connectivity index (χ2v) is 25.9. The van der Waals surface area contributed by atoms with Crippen molar-refractivity contribution in [1.29, 1.82) is 0 Å². The summed E-state index contributed by atoms with van der Waals surface area (Å²) in [6, 6.07) is 0. The molecule has 6 atom stereocenters. The van der Waals surface area contributed by atoms with Crippen molar-refractivity contribution in [2.45, 2.75) is 149 Å². The highest BCUT2D eigenvalue weighted by molar-refractivity contribution is 6.74. The monoisotopic (exact) mass is 572 g/mol. The van der Waals surface area contributed by atoms with Crippen molar-refractivity contribution in [1.82, 2.24) is 0 Å². The Morgan fingerprint density at radius 1 is 0.974 bits per heavy atom. The van der Waals surface area contributed by atoms with Gasteiger partial charge < -0.3 is 13.6 Å². The molecule has 0 N–H and O–H groups in total. The van der Waals surface area contributed by atoms with Crippen LogP contribution in [0.2, 0.25) is 36.3 Å². The predicted octanol–water partition coefficient (Wildman–Crippen LogP) is 10.0. The lowest BCUT2D eigenvalue weighted by Gasteiger charge is -2.45. The molecule has 39 heavy (non-hydrogen) atoms. The SMILES string of the molecule is C=C1/C(=C/C=C2\CCC[C@@]3(C)C2CC[C@@H]3[C@H](C)C=O)C[C@@H](O[Si](C)(C)C(C)(C)C)C[C@@H]1O[Si](C)(C)C(C)(C)C. The maximum absolute atomic E-state index is 11.7. The molecule has 0 aromatic carbocycles.